The van der Waals surface area contributed by atoms with E-state index < -0.39 is 37.0 Å². The molecule has 0 aliphatic rings. The molecule has 0 saturated heterocycles. The van der Waals surface area contributed by atoms with E-state index in [0.29, 0.717) is 0 Å². The third-order valence-corrected chi connectivity index (χ3v) is 16.2. The Balaban J connectivity index is 2.73. The van der Waals surface area contributed by atoms with Crippen LogP contribution in [0.15, 0.2) is 36.4 Å². The minimum absolute atomic E-state index is 0.325. The van der Waals surface area contributed by atoms with Crippen LogP contribution in [0.1, 0.15) is 0 Å². The fraction of sp³-hybridized carbons (Fsp3) is 0. The molecule has 0 aliphatic carbocycles. The molecule has 0 spiro atoms. The Morgan fingerprint density at radius 2 is 0.895 bits per heavy atom. The molecule has 0 unspecified atom stereocenters. The zero-order valence-electron chi connectivity index (χ0n) is 9.14. The van der Waals surface area contributed by atoms with E-state index in [-0.39, 0.29) is 7.22 Å². The number of halogens is 6. The van der Waals surface area contributed by atoms with E-state index in [4.69, 9.17) is 0 Å². The van der Waals surface area contributed by atoms with Crippen molar-refractivity contribution in [2.75, 3.05) is 0 Å². The molecule has 0 aliphatic heterocycles. The number of hydrogen-bond donors (Lipinski definition) is 0. The Bertz CT molecular complexity index is 537. The normalized spacial score (nSPS) is 12.5. The summed E-state index contributed by atoms with van der Waals surface area (Å²) in [7, 11) is 0. The monoisotopic (exact) mass is 514 g/mol. The van der Waals surface area contributed by atoms with Crippen LogP contribution in [0.5, 0.6) is 0 Å². The van der Waals surface area contributed by atoms with E-state index in [2.05, 4.69) is 25.5 Å². The molecule has 2 aromatic rings. The fourth-order valence-electron chi connectivity index (χ4n) is 1.56. The second kappa shape index (κ2) is 5.72. The van der Waals surface area contributed by atoms with E-state index in [1.165, 1.54) is 12.1 Å². The minimum atomic E-state index is -4.13. The SMILES string of the molecule is Fc1cccc(F)c1[Te](Br)(Br)c1c(F)cccc1F. The molecule has 102 valence electrons. The van der Waals surface area contributed by atoms with Crippen molar-refractivity contribution in [1.29, 1.82) is 0 Å². The molecule has 0 bridgehead atoms. The predicted octanol–water partition coefficient (Wildman–Crippen LogP) is 3.59. The first-order chi connectivity index (χ1) is 8.85. The molecule has 2 aromatic carbocycles. The van der Waals surface area contributed by atoms with Crippen LogP contribution in [-0.2, 0) is 0 Å². The van der Waals surface area contributed by atoms with Crippen molar-refractivity contribution < 1.29 is 17.6 Å². The van der Waals surface area contributed by atoms with Crippen molar-refractivity contribution in [3.63, 3.8) is 0 Å². The van der Waals surface area contributed by atoms with Gasteiger partial charge in [0.1, 0.15) is 0 Å². The van der Waals surface area contributed by atoms with Gasteiger partial charge in [0, 0.05) is 0 Å². The molecular weight excluding hydrogens is 508 g/mol. The van der Waals surface area contributed by atoms with Crippen LogP contribution in [0.2, 0.25) is 0 Å². The average molecular weight is 514 g/mol. The van der Waals surface area contributed by atoms with Gasteiger partial charge in [-0.05, 0) is 0 Å². The van der Waals surface area contributed by atoms with Crippen LogP contribution in [0.3, 0.4) is 0 Å². The Morgan fingerprint density at radius 3 is 1.16 bits per heavy atom. The van der Waals surface area contributed by atoms with Crippen molar-refractivity contribution in [2.45, 2.75) is 0 Å². The standard InChI is InChI=1S/C12H6Br2F4Te/c13-19(14,11-7(15)3-1-4-8(11)16)12-9(17)5-2-6-10(12)18/h1-6H. The van der Waals surface area contributed by atoms with Gasteiger partial charge in [0.05, 0.1) is 0 Å². The van der Waals surface area contributed by atoms with Gasteiger partial charge in [-0.1, -0.05) is 0 Å². The van der Waals surface area contributed by atoms with E-state index in [1.807, 2.05) is 0 Å². The molecule has 0 radical (unpaired) electrons. The van der Waals surface area contributed by atoms with Crippen LogP contribution < -0.4 is 7.22 Å². The Labute approximate surface area is 123 Å². The van der Waals surface area contributed by atoms with E-state index in [9.17, 15) is 17.6 Å². The van der Waals surface area contributed by atoms with Crippen molar-refractivity contribution in [3.05, 3.63) is 59.7 Å². The maximum atomic E-state index is 13.8. The molecule has 0 fully saturated rings. The molecule has 7 heteroatoms. The summed E-state index contributed by atoms with van der Waals surface area (Å²) in [6.07, 6.45) is 0. The van der Waals surface area contributed by atoms with E-state index in [0.717, 1.165) is 24.3 Å². The van der Waals surface area contributed by atoms with E-state index >= 15 is 0 Å². The van der Waals surface area contributed by atoms with Gasteiger partial charge in [-0.25, -0.2) is 0 Å². The van der Waals surface area contributed by atoms with Crippen LogP contribution in [0.4, 0.5) is 17.6 Å². The summed E-state index contributed by atoms with van der Waals surface area (Å²) in [5.41, 5.74) is 0. The summed E-state index contributed by atoms with van der Waals surface area (Å²) in [5, 5.41) is 0. The summed E-state index contributed by atoms with van der Waals surface area (Å²) in [5.74, 6) is -3.34. The Kier molecular flexibility index (Phi) is 4.61. The molecule has 0 N–H and O–H groups in total. The molecule has 0 atom stereocenters. The van der Waals surface area contributed by atoms with Crippen molar-refractivity contribution in [3.8, 4) is 0 Å². The topological polar surface area (TPSA) is 0 Å². The molecule has 0 saturated carbocycles. The molecular formula is C12H6Br2F4Te. The van der Waals surface area contributed by atoms with Crippen LogP contribution in [0, 0.1) is 23.3 Å². The molecule has 2 rings (SSSR count). The number of rotatable bonds is 2. The summed E-state index contributed by atoms with van der Waals surface area (Å²) in [4.78, 5) is 0. The molecule has 0 nitrogen and oxygen atoms in total. The zero-order chi connectivity index (χ0) is 14.2. The third-order valence-electron chi connectivity index (χ3n) is 2.35. The van der Waals surface area contributed by atoms with Crippen LogP contribution >= 0.6 is 25.5 Å². The molecule has 0 amide bonds. The van der Waals surface area contributed by atoms with Crippen LogP contribution in [0.25, 0.3) is 0 Å². The van der Waals surface area contributed by atoms with Gasteiger partial charge in [-0.2, -0.15) is 0 Å². The quantitative estimate of drug-likeness (QED) is 0.426. The first-order valence-electron chi connectivity index (χ1n) is 4.96. The second-order valence-electron chi connectivity index (χ2n) is 3.57. The van der Waals surface area contributed by atoms with Gasteiger partial charge >= 0.3 is 124 Å². The van der Waals surface area contributed by atoms with Gasteiger partial charge in [0.2, 0.25) is 0 Å². The predicted molar refractivity (Wildman–Crippen MR) is 75.6 cm³/mol. The molecule has 19 heavy (non-hydrogen) atoms. The first-order valence-corrected chi connectivity index (χ1v) is 17.7. The molecule has 0 aromatic heterocycles. The Morgan fingerprint density at radius 1 is 0.632 bits per heavy atom. The van der Waals surface area contributed by atoms with E-state index in [1.54, 1.807) is 0 Å². The second-order valence-corrected chi connectivity index (χ2v) is 27.4. The molecule has 0 heterocycles. The number of benzene rings is 2. The number of hydrogen-bond acceptors (Lipinski definition) is 0. The van der Waals surface area contributed by atoms with Gasteiger partial charge in [0.25, 0.3) is 0 Å². The van der Waals surface area contributed by atoms with Gasteiger partial charge in [-0.3, -0.25) is 0 Å². The fourth-order valence-corrected chi connectivity index (χ4v) is 14.0. The van der Waals surface area contributed by atoms with Gasteiger partial charge in [0.15, 0.2) is 0 Å². The maximum absolute atomic E-state index is 13.8. The van der Waals surface area contributed by atoms with Crippen LogP contribution in [-0.4, -0.2) is 13.8 Å². The summed E-state index contributed by atoms with van der Waals surface area (Å²) in [6, 6.07) is 6.62. The van der Waals surface area contributed by atoms with Crippen molar-refractivity contribution in [2.24, 2.45) is 0 Å². The summed E-state index contributed by atoms with van der Waals surface area (Å²) >= 11 is 2.17. The first kappa shape index (κ1) is 15.3. The average Bonchev–Trinajstić information content (AvgIpc) is 2.27. The third kappa shape index (κ3) is 2.85. The summed E-state index contributed by atoms with van der Waals surface area (Å²) < 4.78 is 54.5. The van der Waals surface area contributed by atoms with Gasteiger partial charge < -0.3 is 0 Å². The van der Waals surface area contributed by atoms with Crippen molar-refractivity contribution >= 4 is 46.5 Å². The van der Waals surface area contributed by atoms with Crippen molar-refractivity contribution in [1.82, 2.24) is 0 Å². The summed E-state index contributed by atoms with van der Waals surface area (Å²) in [6.45, 7) is 0. The van der Waals surface area contributed by atoms with Gasteiger partial charge in [-0.15, -0.1) is 0 Å². The Hall–Kier alpha value is -0.0904. The zero-order valence-corrected chi connectivity index (χ0v) is 14.6.